The number of aryl methyl sites for hydroxylation is 1. The first-order valence-electron chi connectivity index (χ1n) is 6.79. The number of benzene rings is 1. The molecule has 0 saturated heterocycles. The molecule has 1 aromatic rings. The minimum Gasteiger partial charge on any atom is -0.330 e. The predicted octanol–water partition coefficient (Wildman–Crippen LogP) is 2.22. The highest BCUT2D eigenvalue weighted by Gasteiger charge is 2.32. The Balaban J connectivity index is 2.12. The number of nitrogens with one attached hydrogen (secondary N) is 1. The number of anilines is 1. The summed E-state index contributed by atoms with van der Waals surface area (Å²) in [6, 6.07) is 4.73. The Bertz CT molecular complexity index is 530. The van der Waals surface area contributed by atoms with Crippen LogP contribution < -0.4 is 11.1 Å². The average Bonchev–Trinajstić information content (AvgIpc) is 2.89. The molecule has 0 radical (unpaired) electrons. The van der Waals surface area contributed by atoms with E-state index in [-0.39, 0.29) is 23.4 Å². The summed E-state index contributed by atoms with van der Waals surface area (Å²) in [6.07, 6.45) is 2.82. The molecule has 1 aliphatic rings. The molecular formula is C14H19N3O3. The maximum Gasteiger partial charge on any atom is 0.274 e. The maximum atomic E-state index is 12.2. The summed E-state index contributed by atoms with van der Waals surface area (Å²) in [4.78, 5) is 22.7. The Morgan fingerprint density at radius 1 is 1.50 bits per heavy atom. The van der Waals surface area contributed by atoms with Crippen molar-refractivity contribution in [1.82, 2.24) is 0 Å². The molecule has 1 saturated carbocycles. The molecule has 2 atom stereocenters. The number of nitrogens with two attached hydrogens (primary N) is 1. The van der Waals surface area contributed by atoms with Gasteiger partial charge in [-0.25, -0.2) is 0 Å². The highest BCUT2D eigenvalue weighted by Crippen LogP contribution is 2.32. The highest BCUT2D eigenvalue weighted by atomic mass is 16.6. The molecule has 1 aromatic carbocycles. The van der Waals surface area contributed by atoms with E-state index in [9.17, 15) is 14.9 Å². The standard InChI is InChI=1S/C14H19N3O3/c1-9-5-6-11(7-13(9)17(19)20)16-14(18)12-4-2-3-10(12)8-15/h5-7,10,12H,2-4,8,15H2,1H3,(H,16,18)/t10-,12-/m1/s1. The van der Waals surface area contributed by atoms with Crippen LogP contribution in [-0.4, -0.2) is 17.4 Å². The first-order chi connectivity index (χ1) is 9.52. The molecule has 0 spiro atoms. The Morgan fingerprint density at radius 2 is 2.25 bits per heavy atom. The van der Waals surface area contributed by atoms with Gasteiger partial charge in [0.2, 0.25) is 5.91 Å². The lowest BCUT2D eigenvalue weighted by Crippen LogP contribution is -2.29. The van der Waals surface area contributed by atoms with Crippen molar-refractivity contribution in [2.75, 3.05) is 11.9 Å². The van der Waals surface area contributed by atoms with Crippen LogP contribution in [0, 0.1) is 28.9 Å². The minimum absolute atomic E-state index is 0.0181. The third-order valence-electron chi connectivity index (χ3n) is 3.97. The van der Waals surface area contributed by atoms with Crippen LogP contribution in [0.15, 0.2) is 18.2 Å². The van der Waals surface area contributed by atoms with E-state index in [4.69, 9.17) is 5.73 Å². The van der Waals surface area contributed by atoms with Crippen LogP contribution in [-0.2, 0) is 4.79 Å². The van der Waals surface area contributed by atoms with E-state index in [1.165, 1.54) is 6.07 Å². The van der Waals surface area contributed by atoms with E-state index < -0.39 is 4.92 Å². The van der Waals surface area contributed by atoms with Crippen molar-refractivity contribution in [2.24, 2.45) is 17.6 Å². The Kier molecular flexibility index (Phi) is 4.34. The maximum absolute atomic E-state index is 12.2. The number of amides is 1. The van der Waals surface area contributed by atoms with Gasteiger partial charge in [0, 0.05) is 23.2 Å². The summed E-state index contributed by atoms with van der Waals surface area (Å²) in [5.74, 6) is 0.0481. The number of hydrogen-bond donors (Lipinski definition) is 2. The van der Waals surface area contributed by atoms with Crippen LogP contribution >= 0.6 is 0 Å². The molecule has 0 aromatic heterocycles. The zero-order valence-electron chi connectivity index (χ0n) is 11.5. The molecule has 1 fully saturated rings. The first-order valence-corrected chi connectivity index (χ1v) is 6.79. The SMILES string of the molecule is Cc1ccc(NC(=O)[C@@H]2CCC[C@@H]2CN)cc1[N+](=O)[O-]. The number of nitrogens with zero attached hydrogens (tertiary/aromatic N) is 1. The van der Waals surface area contributed by atoms with Gasteiger partial charge in [0.15, 0.2) is 0 Å². The van der Waals surface area contributed by atoms with Crippen molar-refractivity contribution in [3.63, 3.8) is 0 Å². The van der Waals surface area contributed by atoms with E-state index in [0.29, 0.717) is 17.8 Å². The summed E-state index contributed by atoms with van der Waals surface area (Å²) in [5.41, 5.74) is 6.73. The molecule has 0 heterocycles. The van der Waals surface area contributed by atoms with E-state index in [1.54, 1.807) is 19.1 Å². The van der Waals surface area contributed by atoms with Crippen LogP contribution in [0.5, 0.6) is 0 Å². The molecular weight excluding hydrogens is 258 g/mol. The van der Waals surface area contributed by atoms with Gasteiger partial charge >= 0.3 is 0 Å². The molecule has 1 amide bonds. The quantitative estimate of drug-likeness (QED) is 0.651. The fraction of sp³-hybridized carbons (Fsp3) is 0.500. The molecule has 0 aliphatic heterocycles. The number of nitro benzene ring substituents is 1. The second-order valence-electron chi connectivity index (χ2n) is 5.28. The second-order valence-corrected chi connectivity index (χ2v) is 5.28. The van der Waals surface area contributed by atoms with Gasteiger partial charge in [-0.3, -0.25) is 14.9 Å². The van der Waals surface area contributed by atoms with Crippen molar-refractivity contribution < 1.29 is 9.72 Å². The van der Waals surface area contributed by atoms with Crippen molar-refractivity contribution in [3.05, 3.63) is 33.9 Å². The molecule has 6 heteroatoms. The molecule has 108 valence electrons. The lowest BCUT2D eigenvalue weighted by atomic mass is 9.95. The number of nitro groups is 1. The van der Waals surface area contributed by atoms with Gasteiger partial charge in [0.1, 0.15) is 0 Å². The van der Waals surface area contributed by atoms with Crippen LogP contribution in [0.1, 0.15) is 24.8 Å². The zero-order valence-corrected chi connectivity index (χ0v) is 11.5. The monoisotopic (exact) mass is 277 g/mol. The van der Waals surface area contributed by atoms with E-state index >= 15 is 0 Å². The second kappa shape index (κ2) is 6.00. The Hall–Kier alpha value is -1.95. The van der Waals surface area contributed by atoms with Gasteiger partial charge in [-0.15, -0.1) is 0 Å². The third kappa shape index (κ3) is 2.96. The summed E-state index contributed by atoms with van der Waals surface area (Å²) in [5, 5.41) is 13.7. The molecule has 6 nitrogen and oxygen atoms in total. The van der Waals surface area contributed by atoms with Crippen molar-refractivity contribution >= 4 is 17.3 Å². The summed E-state index contributed by atoms with van der Waals surface area (Å²) in [6.45, 7) is 2.18. The van der Waals surface area contributed by atoms with Crippen molar-refractivity contribution in [3.8, 4) is 0 Å². The molecule has 3 N–H and O–H groups in total. The lowest BCUT2D eigenvalue weighted by molar-refractivity contribution is -0.385. The summed E-state index contributed by atoms with van der Waals surface area (Å²) >= 11 is 0. The topological polar surface area (TPSA) is 98.3 Å². The lowest BCUT2D eigenvalue weighted by Gasteiger charge is -2.17. The number of carbonyl (C=O) groups excluding carboxylic acids is 1. The Morgan fingerprint density at radius 3 is 2.90 bits per heavy atom. The fourth-order valence-corrected chi connectivity index (χ4v) is 2.78. The number of hydrogen-bond acceptors (Lipinski definition) is 4. The zero-order chi connectivity index (χ0) is 14.7. The number of rotatable bonds is 4. The van der Waals surface area contributed by atoms with Gasteiger partial charge in [0.25, 0.3) is 5.69 Å². The van der Waals surface area contributed by atoms with Gasteiger partial charge in [0.05, 0.1) is 4.92 Å². The number of carbonyl (C=O) groups is 1. The third-order valence-corrected chi connectivity index (χ3v) is 3.97. The molecule has 2 rings (SSSR count). The minimum atomic E-state index is -0.441. The smallest absolute Gasteiger partial charge is 0.274 e. The molecule has 20 heavy (non-hydrogen) atoms. The molecule has 1 aliphatic carbocycles. The van der Waals surface area contributed by atoms with Gasteiger partial charge in [-0.2, -0.15) is 0 Å². The van der Waals surface area contributed by atoms with Crippen molar-refractivity contribution in [1.29, 1.82) is 0 Å². The van der Waals surface area contributed by atoms with E-state index in [0.717, 1.165) is 19.3 Å². The summed E-state index contributed by atoms with van der Waals surface area (Å²) in [7, 11) is 0. The average molecular weight is 277 g/mol. The van der Waals surface area contributed by atoms with E-state index in [2.05, 4.69) is 5.32 Å². The van der Waals surface area contributed by atoms with Crippen LogP contribution in [0.4, 0.5) is 11.4 Å². The Labute approximate surface area is 117 Å². The first kappa shape index (κ1) is 14.5. The molecule has 0 bridgehead atoms. The molecule has 0 unspecified atom stereocenters. The summed E-state index contributed by atoms with van der Waals surface area (Å²) < 4.78 is 0. The van der Waals surface area contributed by atoms with Crippen LogP contribution in [0.2, 0.25) is 0 Å². The van der Waals surface area contributed by atoms with Gasteiger partial charge < -0.3 is 11.1 Å². The fourth-order valence-electron chi connectivity index (χ4n) is 2.78. The van der Waals surface area contributed by atoms with E-state index in [1.807, 2.05) is 0 Å². The normalized spacial score (nSPS) is 21.7. The van der Waals surface area contributed by atoms with Crippen LogP contribution in [0.3, 0.4) is 0 Å². The van der Waals surface area contributed by atoms with Crippen LogP contribution in [0.25, 0.3) is 0 Å². The van der Waals surface area contributed by atoms with Gasteiger partial charge in [-0.1, -0.05) is 12.5 Å². The highest BCUT2D eigenvalue weighted by molar-refractivity contribution is 5.93. The van der Waals surface area contributed by atoms with Gasteiger partial charge in [-0.05, 0) is 38.3 Å². The van der Waals surface area contributed by atoms with Crippen molar-refractivity contribution in [2.45, 2.75) is 26.2 Å². The largest absolute Gasteiger partial charge is 0.330 e. The predicted molar refractivity (Wildman–Crippen MR) is 76.3 cm³/mol.